The van der Waals surface area contributed by atoms with Crippen LogP contribution in [0, 0.1) is 35.5 Å². The molecule has 0 radical (unpaired) electrons. The van der Waals surface area contributed by atoms with Gasteiger partial charge in [0.05, 0.1) is 35.1 Å². The minimum Gasteiger partial charge on any atom is -0.490 e. The van der Waals surface area contributed by atoms with Crippen LogP contribution in [0.15, 0.2) is 146 Å². The first-order chi connectivity index (χ1) is 45.0. The number of aromatic nitrogens is 2. The van der Waals surface area contributed by atoms with Gasteiger partial charge in [0, 0.05) is 106 Å². The van der Waals surface area contributed by atoms with Crippen molar-refractivity contribution in [3.05, 3.63) is 201 Å². The van der Waals surface area contributed by atoms with Crippen LogP contribution in [0.1, 0.15) is 146 Å². The molecular weight excluding hydrogens is 1270 g/mol. The highest BCUT2D eigenvalue weighted by Gasteiger charge is 2.51. The summed E-state index contributed by atoms with van der Waals surface area (Å²) < 4.78 is 71.5. The number of fused-ring (bicyclic) bond motifs is 8. The number of anilines is 2. The van der Waals surface area contributed by atoms with Gasteiger partial charge in [0.15, 0.2) is 0 Å². The molecule has 94 heavy (non-hydrogen) atoms. The van der Waals surface area contributed by atoms with Crippen LogP contribution in [0.3, 0.4) is 0 Å². The third kappa shape index (κ3) is 12.6. The zero-order valence-electron chi connectivity index (χ0n) is 53.7. The monoisotopic (exact) mass is 1350 g/mol. The SMILES string of the molecule is C[C@@H]1[C@@H](C)C/C=C/[C@@](O)(c2cccnc2)[C@@H]2CC[C@H]2CN2C[C@@]3(CCCc4cc(Cl)ccc43)COc3ccc(cc32)C(=O)NS1(=O)=O.C[C@@H]1[C@@H](C)C/C=C/[C@](O)(c2cccnc2)[C@@H]2CC[C@H]2CN2C[C@@]3(CCCc4cc(Cl)ccc43)COc3ccc(cc32)C(=O)NS1(=O)=O. The molecule has 2 fully saturated rings. The van der Waals surface area contributed by atoms with Crippen LogP contribution in [0.25, 0.3) is 0 Å². The summed E-state index contributed by atoms with van der Waals surface area (Å²) in [5.74, 6) is -0.490. The third-order valence-electron chi connectivity index (χ3n) is 22.5. The van der Waals surface area contributed by atoms with Gasteiger partial charge in [-0.25, -0.2) is 26.3 Å². The smallest absolute Gasteiger partial charge is 0.264 e. The number of hydrogen-bond donors (Lipinski definition) is 4. The number of pyridine rings is 2. The lowest BCUT2D eigenvalue weighted by molar-refractivity contribution is -0.0504. The molecule has 0 unspecified atom stereocenters. The standard InChI is InChI=1S/2C37H42ClN3O5S/c2*1-24-6-3-16-37(43,29-8-5-17-39-20-29)32-12-9-28(32)21-41-22-36(15-4-7-26-18-30(38)11-13-31(26)36)23-46-34-14-10-27(19-33(34)41)35(42)40-47(44,45)25(24)2/h2*3,5,8,10-11,13-14,16-20,24-25,28,32,43H,4,6-7,9,12,15,21-23H2,1-2H3,(H,40,42)/b2*16-3+/t24-,25+,28-,32+,36-,37+;24-,25+,28-,32+,36-,37-/m00/s1. The molecule has 4 aromatic carbocycles. The van der Waals surface area contributed by atoms with Gasteiger partial charge in [-0.1, -0.05) is 85.6 Å². The van der Waals surface area contributed by atoms with Gasteiger partial charge in [-0.2, -0.15) is 0 Å². The number of sulfonamides is 2. The van der Waals surface area contributed by atoms with Gasteiger partial charge in [0.25, 0.3) is 11.8 Å². The van der Waals surface area contributed by atoms with Crippen molar-refractivity contribution in [3.63, 3.8) is 0 Å². The number of hydrogen-bond acceptors (Lipinski definition) is 14. The molecule has 2 spiro atoms. The van der Waals surface area contributed by atoms with Crippen molar-refractivity contribution in [2.75, 3.05) is 49.2 Å². The number of amides is 2. The topological polar surface area (TPSA) is 218 Å². The average Bonchev–Trinajstić information content (AvgIpc) is 1.32. The normalized spacial score (nSPS) is 32.5. The molecule has 4 aliphatic carbocycles. The predicted octanol–water partition coefficient (Wildman–Crippen LogP) is 12.3. The number of nitrogens with zero attached hydrogens (tertiary/aromatic N) is 4. The number of rotatable bonds is 2. The molecule has 6 aromatic rings. The highest BCUT2D eigenvalue weighted by Crippen LogP contribution is 2.53. The molecule has 4 aliphatic heterocycles. The maximum atomic E-state index is 13.5. The van der Waals surface area contributed by atoms with Crippen LogP contribution in [-0.2, 0) is 54.9 Å². The number of carbonyl (C=O) groups excluding carboxylic acids is 2. The summed E-state index contributed by atoms with van der Waals surface area (Å²) in [5, 5.41) is 24.8. The second-order valence-electron chi connectivity index (χ2n) is 28.2. The van der Waals surface area contributed by atoms with Gasteiger partial charge in [-0.05, 0) is 210 Å². The van der Waals surface area contributed by atoms with Crippen LogP contribution >= 0.6 is 23.2 Å². The molecule has 2 amide bonds. The first kappa shape index (κ1) is 65.8. The largest absolute Gasteiger partial charge is 0.490 e. The van der Waals surface area contributed by atoms with Crippen molar-refractivity contribution in [1.82, 2.24) is 19.4 Å². The van der Waals surface area contributed by atoms with E-state index >= 15 is 0 Å². The van der Waals surface area contributed by atoms with Gasteiger partial charge >= 0.3 is 0 Å². The molecular formula is C74H84Cl2N6O10S2. The molecule has 4 N–H and O–H groups in total. The Morgan fingerprint density at radius 3 is 1.37 bits per heavy atom. The van der Waals surface area contributed by atoms with E-state index < -0.39 is 53.6 Å². The van der Waals surface area contributed by atoms with Gasteiger partial charge in [-0.15, -0.1) is 0 Å². The van der Waals surface area contributed by atoms with E-state index in [1.807, 2.05) is 74.5 Å². The van der Waals surface area contributed by atoms with Crippen molar-refractivity contribution >= 4 is 66.4 Å². The number of halogens is 2. The van der Waals surface area contributed by atoms with Crippen molar-refractivity contribution in [1.29, 1.82) is 0 Å². The minimum atomic E-state index is -3.99. The van der Waals surface area contributed by atoms with Crippen LogP contribution in [0.2, 0.25) is 10.0 Å². The summed E-state index contributed by atoms with van der Waals surface area (Å²) in [5.41, 5.74) is 5.26. The second kappa shape index (κ2) is 26.0. The lowest BCUT2D eigenvalue weighted by Crippen LogP contribution is -2.51. The van der Waals surface area contributed by atoms with Crippen molar-refractivity contribution in [3.8, 4) is 11.5 Å². The van der Waals surface area contributed by atoms with E-state index in [4.69, 9.17) is 32.7 Å². The number of aryl methyl sites for hydroxylation is 2. The third-order valence-corrected chi connectivity index (χ3v) is 26.8. The number of carbonyl (C=O) groups is 2. The Morgan fingerprint density at radius 2 is 0.989 bits per heavy atom. The predicted molar refractivity (Wildman–Crippen MR) is 367 cm³/mol. The van der Waals surface area contributed by atoms with E-state index in [0.29, 0.717) is 63.7 Å². The molecule has 16 nitrogen and oxygen atoms in total. The Morgan fingerprint density at radius 1 is 0.564 bits per heavy atom. The lowest BCUT2D eigenvalue weighted by Gasteiger charge is -2.49. The molecule has 8 aliphatic rings. The van der Waals surface area contributed by atoms with Gasteiger partial charge in [-0.3, -0.25) is 19.6 Å². The van der Waals surface area contributed by atoms with Crippen LogP contribution in [0.4, 0.5) is 11.4 Å². The van der Waals surface area contributed by atoms with Gasteiger partial charge in [0.2, 0.25) is 20.0 Å². The molecule has 12 atom stereocenters. The molecule has 0 saturated heterocycles. The highest BCUT2D eigenvalue weighted by atomic mass is 35.5. The second-order valence-corrected chi connectivity index (χ2v) is 33.1. The maximum absolute atomic E-state index is 13.5. The van der Waals surface area contributed by atoms with E-state index in [2.05, 4.69) is 53.5 Å². The fourth-order valence-corrected chi connectivity index (χ4v) is 19.3. The molecule has 14 rings (SSSR count). The number of nitrogens with one attached hydrogen (secondary N) is 2. The number of aliphatic hydroxyl groups is 2. The van der Waals surface area contributed by atoms with Gasteiger partial charge in [0.1, 0.15) is 22.7 Å². The average molecular weight is 1350 g/mol. The Bertz CT molecular complexity index is 3900. The number of ether oxygens (including phenoxy) is 2. The summed E-state index contributed by atoms with van der Waals surface area (Å²) in [7, 11) is -7.98. The summed E-state index contributed by atoms with van der Waals surface area (Å²) in [4.78, 5) is 40.3. The molecule has 2 saturated carbocycles. The number of benzene rings is 4. The van der Waals surface area contributed by atoms with E-state index in [-0.39, 0.29) is 57.5 Å². The fraction of sp³-hybridized carbons (Fsp3) is 0.459. The Kier molecular flexibility index (Phi) is 18.2. The first-order valence-electron chi connectivity index (χ1n) is 33.3. The van der Waals surface area contributed by atoms with Crippen LogP contribution < -0.4 is 28.7 Å². The zero-order valence-corrected chi connectivity index (χ0v) is 56.9. The van der Waals surface area contributed by atoms with Crippen LogP contribution in [0.5, 0.6) is 11.5 Å². The molecule has 2 aromatic heterocycles. The lowest BCUT2D eigenvalue weighted by atomic mass is 9.62. The summed E-state index contributed by atoms with van der Waals surface area (Å²) in [6.07, 6.45) is 24.5. The Hall–Kier alpha value is -6.80. The molecule has 6 heterocycles. The zero-order chi connectivity index (χ0) is 66.0. The quantitative estimate of drug-likeness (QED) is 0.119. The molecule has 4 bridgehead atoms. The summed E-state index contributed by atoms with van der Waals surface area (Å²) in [6, 6.07) is 30.2. The molecule has 20 heteroatoms. The van der Waals surface area contributed by atoms with Crippen LogP contribution in [-0.4, -0.2) is 98.7 Å². The van der Waals surface area contributed by atoms with E-state index in [1.165, 1.54) is 22.3 Å². The molecule has 496 valence electrons. The minimum absolute atomic E-state index is 0.0835. The van der Waals surface area contributed by atoms with E-state index in [0.717, 1.165) is 96.8 Å². The van der Waals surface area contributed by atoms with Crippen molar-refractivity contribution in [2.45, 2.75) is 137 Å². The fourth-order valence-electron chi connectivity index (χ4n) is 16.4. The Balaban J connectivity index is 0.000000171. The van der Waals surface area contributed by atoms with E-state index in [9.17, 15) is 36.6 Å². The number of allylic oxidation sites excluding steroid dienone is 2. The maximum Gasteiger partial charge on any atom is 0.264 e. The Labute approximate surface area is 562 Å². The summed E-state index contributed by atoms with van der Waals surface area (Å²) in [6.45, 7) is 10.4. The van der Waals surface area contributed by atoms with E-state index in [1.54, 1.807) is 75.0 Å². The first-order valence-corrected chi connectivity index (χ1v) is 37.2. The van der Waals surface area contributed by atoms with Gasteiger partial charge < -0.3 is 29.5 Å². The summed E-state index contributed by atoms with van der Waals surface area (Å²) >= 11 is 12.9. The van der Waals surface area contributed by atoms with Crippen molar-refractivity contribution < 1.29 is 46.1 Å². The highest BCUT2D eigenvalue weighted by molar-refractivity contribution is 7.91. The van der Waals surface area contributed by atoms with Crippen molar-refractivity contribution in [2.24, 2.45) is 35.5 Å².